The predicted octanol–water partition coefficient (Wildman–Crippen LogP) is 0.934. The molecule has 0 atom stereocenters. The largest absolute Gasteiger partial charge is 0.574 e. The summed E-state index contributed by atoms with van der Waals surface area (Å²) in [5, 5.41) is 0.322. The number of nitrogens with zero attached hydrogens (tertiary/aromatic N) is 1. The van der Waals surface area contributed by atoms with Crippen LogP contribution in [0.4, 0.5) is 5.69 Å². The molecule has 18 heavy (non-hydrogen) atoms. The minimum absolute atomic E-state index is 0.124. The van der Waals surface area contributed by atoms with Gasteiger partial charge in [0.15, 0.2) is 0 Å². The first-order valence-electron chi connectivity index (χ1n) is 5.10. The van der Waals surface area contributed by atoms with E-state index in [9.17, 15) is 8.42 Å². The number of hydrogen-bond donors (Lipinski definition) is 1. The first kappa shape index (κ1) is 14.9. The molecule has 1 aromatic rings. The molecular weight excluding hydrogens is 280 g/mol. The average Bonchev–Trinajstić information content (AvgIpc) is 2.30. The van der Waals surface area contributed by atoms with Gasteiger partial charge in [-0.05, 0) is 6.07 Å². The summed E-state index contributed by atoms with van der Waals surface area (Å²) in [6.45, 7) is 0.249. The number of ether oxygens (including phenoxy) is 2. The number of quaternary nitrogens is 1. The maximum atomic E-state index is 11.6. The number of rotatable bonds is 6. The highest BCUT2D eigenvalue weighted by Crippen LogP contribution is 2.41. The van der Waals surface area contributed by atoms with E-state index in [2.05, 4.69) is 10.5 Å². The molecule has 0 aliphatic rings. The second-order valence-corrected chi connectivity index (χ2v) is 5.55. The first-order valence-corrected chi connectivity index (χ1v) is 7.08. The summed E-state index contributed by atoms with van der Waals surface area (Å²) in [6, 6.07) is 2.88. The Hall–Kier alpha value is -1.18. The molecule has 1 rings (SSSR count). The van der Waals surface area contributed by atoms with E-state index in [0.29, 0.717) is 10.8 Å². The normalized spacial score (nSPS) is 11.1. The van der Waals surface area contributed by atoms with Gasteiger partial charge in [0.05, 0.1) is 41.6 Å². The van der Waals surface area contributed by atoms with Crippen molar-refractivity contribution in [2.75, 3.05) is 26.5 Å². The number of methoxy groups -OCH3 is 2. The van der Waals surface area contributed by atoms with E-state index in [1.165, 1.54) is 26.4 Å². The maximum Gasteiger partial charge on any atom is 0.136 e. The molecule has 0 heterocycles. The highest BCUT2D eigenvalue weighted by atomic mass is 35.5. The third-order valence-corrected chi connectivity index (χ3v) is 3.67. The zero-order valence-electron chi connectivity index (χ0n) is 10.1. The summed E-state index contributed by atoms with van der Waals surface area (Å²) in [4.78, 5) is 0. The fourth-order valence-corrected chi connectivity index (χ4v) is 2.42. The van der Waals surface area contributed by atoms with Crippen LogP contribution in [0.15, 0.2) is 12.1 Å². The molecule has 6 nitrogen and oxygen atoms in total. The van der Waals surface area contributed by atoms with Crippen LogP contribution in [-0.4, -0.2) is 34.9 Å². The van der Waals surface area contributed by atoms with Crippen molar-refractivity contribution in [1.29, 1.82) is 0 Å². The van der Waals surface area contributed by atoms with E-state index in [1.54, 1.807) is 0 Å². The van der Waals surface area contributed by atoms with E-state index in [1.807, 2.05) is 0 Å². The van der Waals surface area contributed by atoms with Crippen molar-refractivity contribution in [2.24, 2.45) is 0 Å². The lowest BCUT2D eigenvalue weighted by molar-refractivity contribution is -0.360. The fraction of sp³-hybridized carbons (Fsp3) is 0.400. The van der Waals surface area contributed by atoms with Gasteiger partial charge >= 0.3 is 0 Å². The summed E-state index contributed by atoms with van der Waals surface area (Å²) in [6.07, 6.45) is 0. The van der Waals surface area contributed by atoms with Crippen LogP contribution in [0.1, 0.15) is 0 Å². The van der Waals surface area contributed by atoms with Crippen molar-refractivity contribution in [1.82, 2.24) is 0 Å². The van der Waals surface area contributed by atoms with Crippen molar-refractivity contribution in [3.05, 3.63) is 21.9 Å². The van der Waals surface area contributed by atoms with E-state index in [-0.39, 0.29) is 23.7 Å². The van der Waals surface area contributed by atoms with Gasteiger partial charge in [-0.1, -0.05) is 17.3 Å². The minimum Gasteiger partial charge on any atom is -0.574 e. The Morgan fingerprint density at radius 3 is 2.39 bits per heavy atom. The van der Waals surface area contributed by atoms with E-state index >= 15 is 0 Å². The molecule has 0 spiro atoms. The molecule has 0 amide bonds. The Balaban J connectivity index is 3.15. The molecule has 0 bridgehead atoms. The summed E-state index contributed by atoms with van der Waals surface area (Å²) in [7, 11) is -0.731. The molecule has 1 aromatic carbocycles. The van der Waals surface area contributed by atoms with Crippen molar-refractivity contribution in [3.8, 4) is 11.5 Å². The van der Waals surface area contributed by atoms with Crippen LogP contribution in [0, 0.1) is 0 Å². The van der Waals surface area contributed by atoms with Crippen LogP contribution >= 0.6 is 11.6 Å². The molecule has 8 heteroatoms. The Labute approximate surface area is 111 Å². The molecule has 3 N–H and O–H groups in total. The maximum absolute atomic E-state index is 11.6. The van der Waals surface area contributed by atoms with Gasteiger partial charge in [0.1, 0.15) is 11.5 Å². The summed E-state index contributed by atoms with van der Waals surface area (Å²) in [5.41, 5.74) is 3.65. The van der Waals surface area contributed by atoms with E-state index < -0.39 is 10.0 Å². The van der Waals surface area contributed by atoms with Crippen molar-refractivity contribution in [2.45, 2.75) is 0 Å². The molecule has 0 aliphatic heterocycles. The number of sulfonamides is 1. The summed E-state index contributed by atoms with van der Waals surface area (Å²) in [5.74, 6) is 0.482. The van der Waals surface area contributed by atoms with Gasteiger partial charge in [-0.2, -0.15) is 0 Å². The third-order valence-electron chi connectivity index (χ3n) is 2.09. The predicted molar refractivity (Wildman–Crippen MR) is 69.1 cm³/mol. The molecule has 0 radical (unpaired) electrons. The molecule has 0 aromatic heterocycles. The lowest BCUT2D eigenvalue weighted by Crippen LogP contribution is -2.52. The van der Waals surface area contributed by atoms with Gasteiger partial charge in [-0.15, -0.1) is 0 Å². The van der Waals surface area contributed by atoms with Crippen LogP contribution in [0.25, 0.3) is 4.72 Å². The highest BCUT2D eigenvalue weighted by molar-refractivity contribution is 7.94. The van der Waals surface area contributed by atoms with Crippen molar-refractivity contribution < 1.29 is 23.6 Å². The van der Waals surface area contributed by atoms with Crippen LogP contribution < -0.4 is 15.2 Å². The third kappa shape index (κ3) is 3.66. The fourth-order valence-electron chi connectivity index (χ4n) is 1.29. The molecule has 0 aliphatic carbocycles. The van der Waals surface area contributed by atoms with E-state index in [4.69, 9.17) is 21.1 Å². The van der Waals surface area contributed by atoms with Crippen LogP contribution in [0.2, 0.25) is 5.02 Å². The number of benzene rings is 1. The standard InChI is InChI=1S/C10H14ClN2O4S/c1-16-9-6-8(10(17-2)5-7(9)11)13-18(14,15)4-3-12/h5-6H,3-4,12H2,1-2H3/q-1/p+1. The summed E-state index contributed by atoms with van der Waals surface area (Å²) < 4.78 is 36.9. The van der Waals surface area contributed by atoms with Gasteiger partial charge in [-0.3, -0.25) is 0 Å². The van der Waals surface area contributed by atoms with Gasteiger partial charge in [0.25, 0.3) is 0 Å². The van der Waals surface area contributed by atoms with Crippen LogP contribution in [-0.2, 0) is 10.0 Å². The molecular formula is C10H15ClN2O4S. The van der Waals surface area contributed by atoms with Gasteiger partial charge in [0, 0.05) is 6.07 Å². The van der Waals surface area contributed by atoms with Gasteiger partial charge in [-0.25, -0.2) is 8.42 Å². The van der Waals surface area contributed by atoms with Crippen LogP contribution in [0.3, 0.4) is 0 Å². The molecule has 102 valence electrons. The Kier molecular flexibility index (Phi) is 5.06. The zero-order chi connectivity index (χ0) is 13.8. The lowest BCUT2D eigenvalue weighted by Gasteiger charge is -2.24. The van der Waals surface area contributed by atoms with E-state index in [0.717, 1.165) is 0 Å². The first-order chi connectivity index (χ1) is 8.43. The quantitative estimate of drug-likeness (QED) is 0.844. The number of halogens is 1. The zero-order valence-corrected chi connectivity index (χ0v) is 11.7. The average molecular weight is 295 g/mol. The Morgan fingerprint density at radius 1 is 1.28 bits per heavy atom. The monoisotopic (exact) mass is 294 g/mol. The summed E-state index contributed by atoms with van der Waals surface area (Å²) >= 11 is 5.91. The molecule has 0 fully saturated rings. The molecule has 0 unspecified atom stereocenters. The SMILES string of the molecule is COc1cc([N-]S(=O)(=O)CC[NH3+])c(OC)cc1Cl. The Bertz CT molecular complexity index is 519. The highest BCUT2D eigenvalue weighted by Gasteiger charge is 2.08. The topological polar surface area (TPSA) is 94.3 Å². The van der Waals surface area contributed by atoms with Crippen molar-refractivity contribution in [3.63, 3.8) is 0 Å². The van der Waals surface area contributed by atoms with Crippen molar-refractivity contribution >= 4 is 27.3 Å². The van der Waals surface area contributed by atoms with Gasteiger partial charge < -0.3 is 19.9 Å². The molecule has 0 saturated heterocycles. The van der Waals surface area contributed by atoms with Crippen LogP contribution in [0.5, 0.6) is 11.5 Å². The molecule has 0 saturated carbocycles. The minimum atomic E-state index is -3.57. The number of hydrogen-bond acceptors (Lipinski definition) is 4. The second-order valence-electron chi connectivity index (χ2n) is 3.39. The smallest absolute Gasteiger partial charge is 0.136 e. The second kappa shape index (κ2) is 6.12. The van der Waals surface area contributed by atoms with Gasteiger partial charge in [0.2, 0.25) is 0 Å². The lowest BCUT2D eigenvalue weighted by atomic mass is 10.3. The Morgan fingerprint density at radius 2 is 1.89 bits per heavy atom.